The van der Waals surface area contributed by atoms with Crippen LogP contribution in [0.3, 0.4) is 0 Å². The summed E-state index contributed by atoms with van der Waals surface area (Å²) in [7, 11) is 0. The first-order valence-electron chi connectivity index (χ1n) is 5.48. The summed E-state index contributed by atoms with van der Waals surface area (Å²) < 4.78 is 0. The predicted octanol–water partition coefficient (Wildman–Crippen LogP) is 3.08. The van der Waals surface area contributed by atoms with Crippen molar-refractivity contribution in [3.8, 4) is 5.75 Å². The number of rotatable bonds is 3. The number of hydrogen-bond donors (Lipinski definition) is 2. The van der Waals surface area contributed by atoms with Crippen LogP contribution in [0.5, 0.6) is 5.75 Å². The van der Waals surface area contributed by atoms with Crippen LogP contribution in [0.25, 0.3) is 0 Å². The summed E-state index contributed by atoms with van der Waals surface area (Å²) in [5.41, 5.74) is 1.11. The number of carbonyl (C=O) groups is 1. The van der Waals surface area contributed by atoms with Crippen molar-refractivity contribution in [3.63, 3.8) is 0 Å². The highest BCUT2D eigenvalue weighted by Crippen LogP contribution is 2.24. The number of anilines is 1. The third kappa shape index (κ3) is 2.75. The molecule has 1 rings (SSSR count). The molecule has 0 radical (unpaired) electrons. The van der Waals surface area contributed by atoms with E-state index in [0.717, 1.165) is 17.7 Å². The second-order valence-corrected chi connectivity index (χ2v) is 4.69. The maximum atomic E-state index is 11.9. The number of benzene rings is 1. The van der Waals surface area contributed by atoms with Crippen LogP contribution in [-0.2, 0) is 4.79 Å². The Morgan fingerprint density at radius 3 is 2.56 bits per heavy atom. The zero-order chi connectivity index (χ0) is 12.3. The molecule has 3 heteroatoms. The Labute approximate surface area is 96.5 Å². The van der Waals surface area contributed by atoms with Crippen LogP contribution >= 0.6 is 0 Å². The molecule has 0 aromatic heterocycles. The third-order valence-electron chi connectivity index (χ3n) is 2.95. The first kappa shape index (κ1) is 12.6. The molecule has 2 N–H and O–H groups in total. The second kappa shape index (κ2) is 4.56. The topological polar surface area (TPSA) is 49.3 Å². The molecule has 0 heterocycles. The second-order valence-electron chi connectivity index (χ2n) is 4.69. The first-order chi connectivity index (χ1) is 7.36. The number of amides is 1. The summed E-state index contributed by atoms with van der Waals surface area (Å²) in [4.78, 5) is 11.9. The predicted molar refractivity (Wildman–Crippen MR) is 65.5 cm³/mol. The van der Waals surface area contributed by atoms with Gasteiger partial charge in [-0.1, -0.05) is 20.8 Å². The lowest BCUT2D eigenvalue weighted by molar-refractivity contribution is -0.124. The summed E-state index contributed by atoms with van der Waals surface area (Å²) in [5.74, 6) is 0.243. The smallest absolute Gasteiger partial charge is 0.230 e. The van der Waals surface area contributed by atoms with E-state index in [-0.39, 0.29) is 17.1 Å². The number of phenols is 1. The van der Waals surface area contributed by atoms with Crippen LogP contribution in [-0.4, -0.2) is 11.0 Å². The normalized spacial score (nSPS) is 11.2. The largest absolute Gasteiger partial charge is 0.508 e. The van der Waals surface area contributed by atoms with Gasteiger partial charge in [0.15, 0.2) is 0 Å². The summed E-state index contributed by atoms with van der Waals surface area (Å²) >= 11 is 0. The van der Waals surface area contributed by atoms with E-state index in [2.05, 4.69) is 5.32 Å². The van der Waals surface area contributed by atoms with Gasteiger partial charge in [-0.25, -0.2) is 0 Å². The highest BCUT2D eigenvalue weighted by atomic mass is 16.3. The monoisotopic (exact) mass is 221 g/mol. The number of nitrogens with one attached hydrogen (secondary N) is 1. The molecule has 0 bridgehead atoms. The van der Waals surface area contributed by atoms with Gasteiger partial charge >= 0.3 is 0 Å². The SMILES string of the molecule is CCC(C)(C)C(=O)Nc1ccc(O)c(C)c1. The summed E-state index contributed by atoms with van der Waals surface area (Å²) in [6.07, 6.45) is 0.788. The van der Waals surface area contributed by atoms with E-state index in [1.165, 1.54) is 0 Å². The summed E-state index contributed by atoms with van der Waals surface area (Å²) in [6.45, 7) is 7.61. The van der Waals surface area contributed by atoms with Crippen molar-refractivity contribution in [3.05, 3.63) is 23.8 Å². The first-order valence-corrected chi connectivity index (χ1v) is 5.48. The highest BCUT2D eigenvalue weighted by molar-refractivity contribution is 5.94. The van der Waals surface area contributed by atoms with E-state index < -0.39 is 0 Å². The molecule has 3 nitrogen and oxygen atoms in total. The standard InChI is InChI=1S/C13H19NO2/c1-5-13(3,4)12(16)14-10-6-7-11(15)9(2)8-10/h6-8,15H,5H2,1-4H3,(H,14,16). The lowest BCUT2D eigenvalue weighted by atomic mass is 9.89. The highest BCUT2D eigenvalue weighted by Gasteiger charge is 2.25. The van der Waals surface area contributed by atoms with Crippen molar-refractivity contribution in [2.24, 2.45) is 5.41 Å². The fourth-order valence-corrected chi connectivity index (χ4v) is 1.19. The Balaban J connectivity index is 2.82. The average Bonchev–Trinajstić information content (AvgIpc) is 2.23. The van der Waals surface area contributed by atoms with Gasteiger partial charge in [0, 0.05) is 11.1 Å². The molecule has 0 unspecified atom stereocenters. The molecule has 0 aliphatic heterocycles. The Bertz CT molecular complexity index is 397. The van der Waals surface area contributed by atoms with Gasteiger partial charge in [-0.15, -0.1) is 0 Å². The van der Waals surface area contributed by atoms with Crippen LogP contribution < -0.4 is 5.32 Å². The van der Waals surface area contributed by atoms with Gasteiger partial charge < -0.3 is 10.4 Å². The molecule has 0 fully saturated rings. The quantitative estimate of drug-likeness (QED) is 0.771. The van der Waals surface area contributed by atoms with Crippen LogP contribution in [0.1, 0.15) is 32.8 Å². The van der Waals surface area contributed by atoms with Crippen LogP contribution in [0, 0.1) is 12.3 Å². The third-order valence-corrected chi connectivity index (χ3v) is 2.95. The molecule has 0 saturated heterocycles. The lowest BCUT2D eigenvalue weighted by Gasteiger charge is -2.21. The van der Waals surface area contributed by atoms with Gasteiger partial charge in [0.2, 0.25) is 5.91 Å². The fourth-order valence-electron chi connectivity index (χ4n) is 1.19. The summed E-state index contributed by atoms with van der Waals surface area (Å²) in [5, 5.41) is 12.2. The zero-order valence-electron chi connectivity index (χ0n) is 10.3. The Hall–Kier alpha value is -1.51. The molecule has 1 aromatic carbocycles. The fraction of sp³-hybridized carbons (Fsp3) is 0.462. The Morgan fingerprint density at radius 2 is 2.06 bits per heavy atom. The molecule has 0 spiro atoms. The minimum atomic E-state index is -0.369. The number of aromatic hydroxyl groups is 1. The minimum absolute atomic E-state index is 0.0000831. The lowest BCUT2D eigenvalue weighted by Crippen LogP contribution is -2.29. The van der Waals surface area contributed by atoms with E-state index in [1.807, 2.05) is 20.8 Å². The van der Waals surface area contributed by atoms with E-state index in [4.69, 9.17) is 0 Å². The van der Waals surface area contributed by atoms with Crippen LogP contribution in [0.15, 0.2) is 18.2 Å². The minimum Gasteiger partial charge on any atom is -0.508 e. The molecule has 88 valence electrons. The molecule has 1 amide bonds. The Morgan fingerprint density at radius 1 is 1.44 bits per heavy atom. The molecule has 0 atom stereocenters. The Kier molecular flexibility index (Phi) is 3.58. The number of hydrogen-bond acceptors (Lipinski definition) is 2. The van der Waals surface area contributed by atoms with Crippen molar-refractivity contribution >= 4 is 11.6 Å². The van der Waals surface area contributed by atoms with Crippen molar-refractivity contribution < 1.29 is 9.90 Å². The van der Waals surface area contributed by atoms with E-state index in [9.17, 15) is 9.90 Å². The van der Waals surface area contributed by atoms with Gasteiger partial charge in [-0.05, 0) is 37.1 Å². The maximum Gasteiger partial charge on any atom is 0.230 e. The van der Waals surface area contributed by atoms with Crippen molar-refractivity contribution in [2.45, 2.75) is 34.1 Å². The van der Waals surface area contributed by atoms with Gasteiger partial charge in [-0.2, -0.15) is 0 Å². The van der Waals surface area contributed by atoms with E-state index in [0.29, 0.717) is 0 Å². The van der Waals surface area contributed by atoms with Crippen LogP contribution in [0.2, 0.25) is 0 Å². The molecule has 1 aromatic rings. The zero-order valence-corrected chi connectivity index (χ0v) is 10.3. The van der Waals surface area contributed by atoms with Gasteiger partial charge in [0.1, 0.15) is 5.75 Å². The maximum absolute atomic E-state index is 11.9. The number of phenolic OH excluding ortho intramolecular Hbond substituents is 1. The van der Waals surface area contributed by atoms with Gasteiger partial charge in [-0.3, -0.25) is 4.79 Å². The van der Waals surface area contributed by atoms with E-state index in [1.54, 1.807) is 25.1 Å². The molecular weight excluding hydrogens is 202 g/mol. The van der Waals surface area contributed by atoms with Crippen LogP contribution in [0.4, 0.5) is 5.69 Å². The molecule has 0 aliphatic rings. The van der Waals surface area contributed by atoms with Crippen molar-refractivity contribution in [1.29, 1.82) is 0 Å². The number of carbonyl (C=O) groups excluding carboxylic acids is 1. The summed E-state index contributed by atoms with van der Waals surface area (Å²) in [6, 6.07) is 5.05. The average molecular weight is 221 g/mol. The molecule has 0 saturated carbocycles. The molecular formula is C13H19NO2. The van der Waals surface area contributed by atoms with Crippen molar-refractivity contribution in [1.82, 2.24) is 0 Å². The van der Waals surface area contributed by atoms with E-state index >= 15 is 0 Å². The number of aryl methyl sites for hydroxylation is 1. The molecule has 0 aliphatic carbocycles. The van der Waals surface area contributed by atoms with Gasteiger partial charge in [0.05, 0.1) is 0 Å². The van der Waals surface area contributed by atoms with Gasteiger partial charge in [0.25, 0.3) is 0 Å². The molecule has 16 heavy (non-hydrogen) atoms. The van der Waals surface area contributed by atoms with Crippen molar-refractivity contribution in [2.75, 3.05) is 5.32 Å².